The zero-order valence-corrected chi connectivity index (χ0v) is 14.8. The van der Waals surface area contributed by atoms with E-state index < -0.39 is 0 Å². The highest BCUT2D eigenvalue weighted by atomic mass is 16.2. The van der Waals surface area contributed by atoms with Gasteiger partial charge < -0.3 is 15.1 Å². The molecule has 1 heterocycles. The number of nitrogens with zero attached hydrogens (tertiary/aromatic N) is 2. The number of carbonyl (C=O) groups excluding carboxylic acids is 2. The average molecular weight is 337 g/mol. The molecule has 130 valence electrons. The number of benzene rings is 2. The maximum absolute atomic E-state index is 13.3. The maximum Gasteiger partial charge on any atom is 0.258 e. The van der Waals surface area contributed by atoms with Crippen LogP contribution in [0, 0.1) is 0 Å². The number of hydrogen-bond donors (Lipinski definition) is 1. The summed E-state index contributed by atoms with van der Waals surface area (Å²) in [7, 11) is 2.05. The minimum Gasteiger partial charge on any atom is -0.373 e. The van der Waals surface area contributed by atoms with Gasteiger partial charge in [0, 0.05) is 37.8 Å². The lowest BCUT2D eigenvalue weighted by Crippen LogP contribution is -2.38. The molecule has 5 heteroatoms. The summed E-state index contributed by atoms with van der Waals surface area (Å²) >= 11 is 0. The van der Waals surface area contributed by atoms with Crippen LogP contribution in [0.5, 0.6) is 0 Å². The first kappa shape index (κ1) is 17.0. The van der Waals surface area contributed by atoms with Gasteiger partial charge in [-0.1, -0.05) is 18.2 Å². The number of nitrogens with one attached hydrogen (secondary N) is 1. The van der Waals surface area contributed by atoms with Gasteiger partial charge in [-0.15, -0.1) is 0 Å². The van der Waals surface area contributed by atoms with Gasteiger partial charge in [0.2, 0.25) is 5.91 Å². The van der Waals surface area contributed by atoms with Gasteiger partial charge in [0.05, 0.1) is 11.4 Å². The molecule has 0 radical (unpaired) electrons. The highest BCUT2D eigenvalue weighted by molar-refractivity contribution is 6.09. The van der Waals surface area contributed by atoms with Crippen LogP contribution in [0.4, 0.5) is 17.1 Å². The summed E-state index contributed by atoms with van der Waals surface area (Å²) in [5, 5.41) is 2.73. The summed E-state index contributed by atoms with van der Waals surface area (Å²) in [4.78, 5) is 28.6. The van der Waals surface area contributed by atoms with E-state index in [4.69, 9.17) is 0 Å². The van der Waals surface area contributed by atoms with Gasteiger partial charge in [-0.2, -0.15) is 0 Å². The van der Waals surface area contributed by atoms with Gasteiger partial charge in [-0.25, -0.2) is 0 Å². The molecule has 25 heavy (non-hydrogen) atoms. The lowest BCUT2D eigenvalue weighted by Gasteiger charge is -2.28. The molecule has 1 unspecified atom stereocenters. The maximum atomic E-state index is 13.3. The summed E-state index contributed by atoms with van der Waals surface area (Å²) < 4.78 is 0. The molecule has 5 nitrogen and oxygen atoms in total. The van der Waals surface area contributed by atoms with Crippen LogP contribution in [0.2, 0.25) is 0 Å². The van der Waals surface area contributed by atoms with Gasteiger partial charge in [-0.05, 0) is 43.7 Å². The van der Waals surface area contributed by atoms with Gasteiger partial charge >= 0.3 is 0 Å². The monoisotopic (exact) mass is 337 g/mol. The minimum absolute atomic E-state index is 0.0533. The van der Waals surface area contributed by atoms with Gasteiger partial charge in [-0.3, -0.25) is 9.59 Å². The van der Waals surface area contributed by atoms with Crippen LogP contribution in [0.1, 0.15) is 30.6 Å². The molecule has 3 rings (SSSR count). The summed E-state index contributed by atoms with van der Waals surface area (Å²) in [5.74, 6) is -0.206. The number of carbonyl (C=O) groups is 2. The molecule has 1 aliphatic rings. The molecule has 1 N–H and O–H groups in total. The number of amides is 2. The van der Waals surface area contributed by atoms with Crippen LogP contribution >= 0.6 is 0 Å². The molecule has 0 aliphatic carbocycles. The quantitative estimate of drug-likeness (QED) is 0.912. The molecular formula is C20H23N3O2. The fourth-order valence-corrected chi connectivity index (χ4v) is 3.24. The normalized spacial score (nSPS) is 16.8. The Morgan fingerprint density at radius 3 is 2.52 bits per heavy atom. The predicted molar refractivity (Wildman–Crippen MR) is 101 cm³/mol. The van der Waals surface area contributed by atoms with Gasteiger partial charge in [0.25, 0.3) is 5.91 Å². The van der Waals surface area contributed by atoms with Crippen molar-refractivity contribution in [2.24, 2.45) is 0 Å². The fourth-order valence-electron chi connectivity index (χ4n) is 3.24. The molecule has 0 fully saturated rings. The number of anilines is 3. The zero-order valence-electron chi connectivity index (χ0n) is 14.8. The van der Waals surface area contributed by atoms with E-state index in [1.807, 2.05) is 29.2 Å². The van der Waals surface area contributed by atoms with Crippen molar-refractivity contribution in [2.45, 2.75) is 26.3 Å². The molecule has 0 bridgehead atoms. The molecule has 0 aromatic heterocycles. The Morgan fingerprint density at radius 1 is 1.08 bits per heavy atom. The number of rotatable bonds is 2. The first-order valence-corrected chi connectivity index (χ1v) is 8.49. The van der Waals surface area contributed by atoms with Crippen molar-refractivity contribution < 1.29 is 9.59 Å². The third-order valence-electron chi connectivity index (χ3n) is 4.52. The van der Waals surface area contributed by atoms with Crippen molar-refractivity contribution in [3.8, 4) is 0 Å². The molecule has 0 saturated heterocycles. The molecule has 0 spiro atoms. The molecule has 0 saturated carbocycles. The van der Waals surface area contributed by atoms with E-state index in [1.165, 1.54) is 6.92 Å². The van der Waals surface area contributed by atoms with Crippen LogP contribution in [0.25, 0.3) is 0 Å². The highest BCUT2D eigenvalue weighted by Gasteiger charge is 2.29. The Morgan fingerprint density at radius 2 is 1.80 bits per heavy atom. The molecule has 1 atom stereocenters. The van der Waals surface area contributed by atoms with Crippen molar-refractivity contribution in [1.82, 2.24) is 0 Å². The van der Waals surface area contributed by atoms with E-state index in [2.05, 4.69) is 24.2 Å². The second kappa shape index (κ2) is 6.97. The second-order valence-electron chi connectivity index (χ2n) is 6.49. The summed E-state index contributed by atoms with van der Waals surface area (Å²) in [6.07, 6.45) is 0.891. The van der Waals surface area contributed by atoms with E-state index in [1.54, 1.807) is 24.3 Å². The molecule has 1 aliphatic heterocycles. The van der Waals surface area contributed by atoms with Crippen LogP contribution in [-0.4, -0.2) is 31.4 Å². The topological polar surface area (TPSA) is 52.7 Å². The van der Waals surface area contributed by atoms with E-state index in [0.29, 0.717) is 11.3 Å². The number of hydrogen-bond acceptors (Lipinski definition) is 3. The third kappa shape index (κ3) is 3.50. The largest absolute Gasteiger partial charge is 0.373 e. The summed E-state index contributed by atoms with van der Waals surface area (Å²) in [6.45, 7) is 4.43. The van der Waals surface area contributed by atoms with Crippen molar-refractivity contribution in [1.29, 1.82) is 0 Å². The Balaban J connectivity index is 2.00. The first-order valence-electron chi connectivity index (χ1n) is 8.49. The third-order valence-corrected chi connectivity index (χ3v) is 4.52. The molecule has 2 amide bonds. The predicted octanol–water partition coefficient (Wildman–Crippen LogP) is 3.52. The van der Waals surface area contributed by atoms with Crippen LogP contribution in [0.15, 0.2) is 48.5 Å². The Hall–Kier alpha value is -2.82. The van der Waals surface area contributed by atoms with Crippen LogP contribution in [-0.2, 0) is 4.79 Å². The Labute approximate surface area is 148 Å². The lowest BCUT2D eigenvalue weighted by atomic mass is 10.1. The van der Waals surface area contributed by atoms with Crippen molar-refractivity contribution in [2.75, 3.05) is 28.7 Å². The molecule has 2 aromatic carbocycles. The minimum atomic E-state index is -0.153. The summed E-state index contributed by atoms with van der Waals surface area (Å²) in [6, 6.07) is 15.2. The summed E-state index contributed by atoms with van der Waals surface area (Å²) in [5.41, 5.74) is 3.17. The van der Waals surface area contributed by atoms with Crippen molar-refractivity contribution in [3.63, 3.8) is 0 Å². The van der Waals surface area contributed by atoms with Crippen LogP contribution in [0.3, 0.4) is 0 Å². The first-order chi connectivity index (χ1) is 12.0. The van der Waals surface area contributed by atoms with Crippen molar-refractivity contribution >= 4 is 28.9 Å². The number of fused-ring (bicyclic) bond motifs is 1. The van der Waals surface area contributed by atoms with E-state index in [0.717, 1.165) is 24.3 Å². The smallest absolute Gasteiger partial charge is 0.258 e. The number of para-hydroxylation sites is 2. The Kier molecular flexibility index (Phi) is 4.74. The van der Waals surface area contributed by atoms with Crippen molar-refractivity contribution in [3.05, 3.63) is 54.1 Å². The van der Waals surface area contributed by atoms with E-state index in [-0.39, 0.29) is 17.9 Å². The second-order valence-corrected chi connectivity index (χ2v) is 6.49. The zero-order chi connectivity index (χ0) is 18.0. The molecular weight excluding hydrogens is 314 g/mol. The lowest BCUT2D eigenvalue weighted by molar-refractivity contribution is -0.114. The average Bonchev–Trinajstić information content (AvgIpc) is 2.71. The standard InChI is InChI=1S/C20H23N3O2/c1-14-11-12-22(3)18-9-4-5-10-19(18)23(14)20(25)16-7-6-8-17(13-16)21-15(2)24/h4-10,13-14H,11-12H2,1-3H3,(H,21,24). The molecule has 2 aromatic rings. The SMILES string of the molecule is CC(=O)Nc1cccc(C(=O)N2c3ccccc3N(C)CCC2C)c1. The van der Waals surface area contributed by atoms with E-state index >= 15 is 0 Å². The highest BCUT2D eigenvalue weighted by Crippen LogP contribution is 2.34. The van der Waals surface area contributed by atoms with Gasteiger partial charge in [0.15, 0.2) is 0 Å². The van der Waals surface area contributed by atoms with Gasteiger partial charge in [0.1, 0.15) is 0 Å². The van der Waals surface area contributed by atoms with Crippen LogP contribution < -0.4 is 15.1 Å². The fraction of sp³-hybridized carbons (Fsp3) is 0.300. The van der Waals surface area contributed by atoms with E-state index in [9.17, 15) is 9.59 Å². The Bertz CT molecular complexity index is 803.